The molecule has 4 nitrogen and oxygen atoms in total. The van der Waals surface area contributed by atoms with Crippen molar-refractivity contribution in [2.75, 3.05) is 0 Å². The molecule has 68 heavy (non-hydrogen) atoms. The van der Waals surface area contributed by atoms with Crippen LogP contribution in [0.15, 0.2) is 106 Å². The zero-order valence-electron chi connectivity index (χ0n) is 41.1. The molecule has 8 heteroatoms. The lowest BCUT2D eigenvalue weighted by Gasteiger charge is -2.25. The quantitative estimate of drug-likeness (QED) is 0.0758. The Morgan fingerprint density at radius 2 is 1.10 bits per heavy atom. The van der Waals surface area contributed by atoms with Crippen LogP contribution in [0.4, 0.5) is 0 Å². The second-order valence-corrected chi connectivity index (χ2v) is 24.4. The van der Waals surface area contributed by atoms with Crippen LogP contribution in [0.2, 0.25) is 0 Å². The van der Waals surface area contributed by atoms with Crippen molar-refractivity contribution < 1.29 is 18.6 Å². The van der Waals surface area contributed by atoms with Crippen LogP contribution >= 0.6 is 45.3 Å². The summed E-state index contributed by atoms with van der Waals surface area (Å²) in [5, 5.41) is 3.80. The molecule has 10 rings (SSSR count). The Balaban J connectivity index is 1.24. The summed E-state index contributed by atoms with van der Waals surface area (Å²) in [7, 11) is 0. The minimum absolute atomic E-state index is 0.224. The van der Waals surface area contributed by atoms with Gasteiger partial charge in [0.1, 0.15) is 36.3 Å². The Hall–Kier alpha value is -4.28. The Morgan fingerprint density at radius 1 is 0.559 bits per heavy atom. The Bertz CT molecular complexity index is 3040. The summed E-state index contributed by atoms with van der Waals surface area (Å²) in [6.45, 7) is 19.7. The molecule has 1 aliphatic rings. The van der Waals surface area contributed by atoms with Crippen LogP contribution in [0.1, 0.15) is 150 Å². The second-order valence-electron chi connectivity index (χ2n) is 20.2. The highest BCUT2D eigenvalue weighted by Gasteiger charge is 2.35. The average Bonchev–Trinajstić information content (AvgIpc) is 4.23. The Kier molecular flexibility index (Phi) is 13.8. The van der Waals surface area contributed by atoms with Crippen LogP contribution in [0.25, 0.3) is 62.7 Å². The molecule has 354 valence electrons. The molecule has 0 bridgehead atoms. The monoisotopic (exact) mass is 978 g/mol. The minimum Gasteiger partial charge on any atom is -0.461 e. The molecule has 3 aromatic carbocycles. The van der Waals surface area contributed by atoms with E-state index in [1.165, 1.54) is 121 Å². The topological polar surface area (TPSA) is 44.7 Å². The number of hydrogen-bond donors (Lipinski definition) is 0. The van der Waals surface area contributed by atoms with Gasteiger partial charge in [0.05, 0.1) is 9.58 Å². The number of rotatable bonds is 19. The van der Waals surface area contributed by atoms with E-state index < -0.39 is 0 Å². The van der Waals surface area contributed by atoms with Gasteiger partial charge >= 0.3 is 0 Å². The maximum atomic E-state index is 7.12. The van der Waals surface area contributed by atoms with E-state index in [1.807, 2.05) is 45.3 Å². The van der Waals surface area contributed by atoms with E-state index in [0.29, 0.717) is 25.0 Å². The SMILES string of the molecule is CCCCC(CC)Cc1ccc(-c2c3cc(C(C)(C)c4ccccc4)sc3c(-c3ccc(CC(CC)CCCC)o3)c3cc(-c4sc(C(C)(C)c5ccccc5)c5c6c(sc45)COOC6)sc23)o1. The molecule has 0 radical (unpaired) electrons. The molecule has 0 aliphatic carbocycles. The van der Waals surface area contributed by atoms with Gasteiger partial charge in [-0.3, -0.25) is 0 Å². The van der Waals surface area contributed by atoms with Crippen molar-refractivity contribution in [1.29, 1.82) is 0 Å². The first kappa shape index (κ1) is 47.4. The molecule has 0 amide bonds. The van der Waals surface area contributed by atoms with Crippen molar-refractivity contribution in [2.24, 2.45) is 11.8 Å². The minimum atomic E-state index is -0.233. The van der Waals surface area contributed by atoms with Crippen molar-refractivity contribution >= 4 is 75.6 Å². The third-order valence-corrected chi connectivity index (χ3v) is 20.6. The average molecular weight is 979 g/mol. The summed E-state index contributed by atoms with van der Waals surface area (Å²) < 4.78 is 18.1. The molecule has 0 N–H and O–H groups in total. The smallest absolute Gasteiger partial charge is 0.136 e. The van der Waals surface area contributed by atoms with Crippen LogP contribution in [0.3, 0.4) is 0 Å². The predicted octanol–water partition coefficient (Wildman–Crippen LogP) is 19.7. The van der Waals surface area contributed by atoms with Gasteiger partial charge in [0, 0.05) is 85.4 Å². The summed E-state index contributed by atoms with van der Waals surface area (Å²) >= 11 is 7.68. The molecule has 9 aromatic rings. The van der Waals surface area contributed by atoms with Crippen molar-refractivity contribution in [1.82, 2.24) is 0 Å². The number of unbranched alkanes of at least 4 members (excludes halogenated alkanes) is 2. The first-order valence-corrected chi connectivity index (χ1v) is 28.4. The number of fused-ring (bicyclic) bond motifs is 5. The molecular weight excluding hydrogens is 913 g/mol. The van der Waals surface area contributed by atoms with Gasteiger partial charge in [-0.2, -0.15) is 0 Å². The van der Waals surface area contributed by atoms with Crippen molar-refractivity contribution in [3.05, 3.63) is 140 Å². The number of thiophene rings is 4. The van der Waals surface area contributed by atoms with Gasteiger partial charge in [0.2, 0.25) is 0 Å². The van der Waals surface area contributed by atoms with Crippen LogP contribution in [-0.2, 0) is 46.7 Å². The fourth-order valence-corrected chi connectivity index (χ4v) is 16.1. The number of benzene rings is 3. The van der Waals surface area contributed by atoms with Crippen LogP contribution in [0, 0.1) is 11.8 Å². The summed E-state index contributed by atoms with van der Waals surface area (Å²) in [5.41, 5.74) is 5.81. The summed E-state index contributed by atoms with van der Waals surface area (Å²) in [6.07, 6.45) is 11.6. The predicted molar refractivity (Wildman–Crippen MR) is 292 cm³/mol. The van der Waals surface area contributed by atoms with Crippen LogP contribution in [-0.4, -0.2) is 0 Å². The maximum Gasteiger partial charge on any atom is 0.136 e. The van der Waals surface area contributed by atoms with Crippen LogP contribution in [0.5, 0.6) is 0 Å². The van der Waals surface area contributed by atoms with E-state index in [9.17, 15) is 0 Å². The highest BCUT2D eigenvalue weighted by Crippen LogP contribution is 2.57. The van der Waals surface area contributed by atoms with Crippen molar-refractivity contribution in [3.8, 4) is 32.4 Å². The molecule has 1 aliphatic heterocycles. The summed E-state index contributed by atoms with van der Waals surface area (Å²) in [6, 6.07) is 36.0. The lowest BCUT2D eigenvalue weighted by molar-refractivity contribution is -0.320. The first-order chi connectivity index (χ1) is 33.0. The van der Waals surface area contributed by atoms with Gasteiger partial charge in [-0.15, -0.1) is 45.3 Å². The zero-order valence-corrected chi connectivity index (χ0v) is 44.4. The van der Waals surface area contributed by atoms with Gasteiger partial charge < -0.3 is 8.83 Å². The number of furan rings is 2. The summed E-state index contributed by atoms with van der Waals surface area (Å²) in [5.74, 6) is 5.27. The molecule has 6 aromatic heterocycles. The molecular formula is C60H66O4S4. The zero-order chi connectivity index (χ0) is 47.2. The molecule has 0 saturated heterocycles. The van der Waals surface area contributed by atoms with Gasteiger partial charge in [-0.25, -0.2) is 9.78 Å². The third kappa shape index (κ3) is 8.81. The Labute approximate surface area is 419 Å². The first-order valence-electron chi connectivity index (χ1n) is 25.2. The Morgan fingerprint density at radius 3 is 1.68 bits per heavy atom. The van der Waals surface area contributed by atoms with Crippen molar-refractivity contribution in [2.45, 2.75) is 144 Å². The van der Waals surface area contributed by atoms with Crippen molar-refractivity contribution in [3.63, 3.8) is 0 Å². The van der Waals surface area contributed by atoms with E-state index in [0.717, 1.165) is 48.7 Å². The van der Waals surface area contributed by atoms with Crippen LogP contribution < -0.4 is 0 Å². The molecule has 7 heterocycles. The fraction of sp³-hybridized carbons (Fsp3) is 0.400. The largest absolute Gasteiger partial charge is 0.461 e. The van der Waals surface area contributed by atoms with E-state index in [2.05, 4.69) is 152 Å². The second kappa shape index (κ2) is 19.8. The highest BCUT2D eigenvalue weighted by molar-refractivity contribution is 7.31. The lowest BCUT2D eigenvalue weighted by atomic mass is 9.81. The van der Waals surface area contributed by atoms with E-state index >= 15 is 0 Å². The normalized spacial score (nSPS) is 14.4. The standard InChI is InChI=1S/C60H66O4S4/c1-9-13-21-37(11-3)31-41-27-29-46(63-41)51-43-33-48(56-57-53(45-35-61-62-36-49(45)66-57)58(68-56)60(7,8)40-25-19-16-20-26-40)65-54(43)52(47-30-28-42(64-47)32-38(12-4)22-14-10-2)44-34-50(67-55(44)51)59(5,6)39-23-17-15-18-24-39/h15-20,23-30,33-34,37-38H,9-14,21-22,31-32,35-36H2,1-8H3. The van der Waals surface area contributed by atoms with Gasteiger partial charge in [-0.1, -0.05) is 167 Å². The maximum absolute atomic E-state index is 7.12. The van der Waals surface area contributed by atoms with E-state index in [4.69, 9.17) is 18.6 Å². The van der Waals surface area contributed by atoms with E-state index in [1.54, 1.807) is 0 Å². The summed E-state index contributed by atoms with van der Waals surface area (Å²) in [4.78, 5) is 17.9. The van der Waals surface area contributed by atoms with Gasteiger partial charge in [-0.05, 0) is 59.4 Å². The van der Waals surface area contributed by atoms with E-state index in [-0.39, 0.29) is 10.8 Å². The molecule has 2 unspecified atom stereocenters. The van der Waals surface area contributed by atoms with Gasteiger partial charge in [0.25, 0.3) is 0 Å². The van der Waals surface area contributed by atoms with Gasteiger partial charge in [0.15, 0.2) is 0 Å². The fourth-order valence-electron chi connectivity index (χ4n) is 10.5. The molecule has 2 atom stereocenters. The highest BCUT2D eigenvalue weighted by atomic mass is 32.1. The molecule has 0 spiro atoms. The molecule has 0 saturated carbocycles. The number of hydrogen-bond acceptors (Lipinski definition) is 8. The third-order valence-electron chi connectivity index (χ3n) is 14.9. The lowest BCUT2D eigenvalue weighted by Crippen LogP contribution is -2.18. The molecule has 0 fully saturated rings.